The molecule has 1 nitrogen and oxygen atoms in total. The van der Waals surface area contributed by atoms with Gasteiger partial charge in [0.1, 0.15) is 5.75 Å². The summed E-state index contributed by atoms with van der Waals surface area (Å²) in [7, 11) is 0. The van der Waals surface area contributed by atoms with Crippen molar-refractivity contribution in [2.24, 2.45) is 0 Å². The van der Waals surface area contributed by atoms with E-state index in [1.165, 1.54) is 0 Å². The van der Waals surface area contributed by atoms with Crippen LogP contribution in [0.25, 0.3) is 0 Å². The van der Waals surface area contributed by atoms with E-state index in [9.17, 15) is 13.2 Å². The van der Waals surface area contributed by atoms with Crippen molar-refractivity contribution in [2.75, 3.05) is 6.61 Å². The molecule has 0 aliphatic rings. The molecule has 0 saturated heterocycles. The summed E-state index contributed by atoms with van der Waals surface area (Å²) < 4.78 is 41.4. The molecule has 1 rings (SSSR count). The van der Waals surface area contributed by atoms with Crippen LogP contribution < -0.4 is 4.74 Å². The monoisotopic (exact) mass is 316 g/mol. The fourth-order valence-corrected chi connectivity index (χ4v) is 1.57. The predicted molar refractivity (Wildman–Crippen MR) is 59.9 cm³/mol. The number of hydrogen-bond donors (Lipinski definition) is 0. The summed E-state index contributed by atoms with van der Waals surface area (Å²) in [6, 6.07) is 4.90. The van der Waals surface area contributed by atoms with Crippen molar-refractivity contribution in [2.45, 2.75) is 19.0 Å². The van der Waals surface area contributed by atoms with Gasteiger partial charge in [0.25, 0.3) is 0 Å². The van der Waals surface area contributed by atoms with Crippen LogP contribution >= 0.6 is 27.5 Å². The highest BCUT2D eigenvalue weighted by Gasteiger charge is 2.26. The van der Waals surface area contributed by atoms with Crippen LogP contribution in [0.15, 0.2) is 22.7 Å². The fourth-order valence-electron chi connectivity index (χ4n) is 1.04. The third-order valence-electron chi connectivity index (χ3n) is 1.76. The minimum absolute atomic E-state index is 0.0124. The molecule has 0 aromatic heterocycles. The minimum Gasteiger partial charge on any atom is -0.492 e. The maximum atomic E-state index is 11.8. The number of hydrogen-bond acceptors (Lipinski definition) is 1. The number of halogens is 5. The molecule has 0 atom stereocenters. The zero-order valence-corrected chi connectivity index (χ0v) is 10.5. The first-order valence-corrected chi connectivity index (χ1v) is 5.70. The number of benzene rings is 1. The highest BCUT2D eigenvalue weighted by atomic mass is 79.9. The van der Waals surface area contributed by atoms with E-state index in [2.05, 4.69) is 15.9 Å². The molecule has 90 valence electrons. The van der Waals surface area contributed by atoms with Crippen LogP contribution in [0.2, 0.25) is 5.02 Å². The van der Waals surface area contributed by atoms with Crippen LogP contribution in [0.5, 0.6) is 5.75 Å². The summed E-state index contributed by atoms with van der Waals surface area (Å²) in [6.45, 7) is 0.0124. The normalized spacial score (nSPS) is 11.6. The van der Waals surface area contributed by atoms with Crippen LogP contribution in [0.4, 0.5) is 13.2 Å². The van der Waals surface area contributed by atoms with Crippen molar-refractivity contribution in [3.05, 3.63) is 27.7 Å². The zero-order valence-electron chi connectivity index (χ0n) is 8.15. The first kappa shape index (κ1) is 13.6. The van der Waals surface area contributed by atoms with Crippen molar-refractivity contribution in [3.8, 4) is 5.75 Å². The molecule has 0 heterocycles. The van der Waals surface area contributed by atoms with Gasteiger partial charge in [-0.1, -0.05) is 11.6 Å². The lowest BCUT2D eigenvalue weighted by Gasteiger charge is -2.09. The second-order valence-corrected chi connectivity index (χ2v) is 4.43. The largest absolute Gasteiger partial charge is 0.492 e. The highest BCUT2D eigenvalue weighted by Crippen LogP contribution is 2.28. The molecule has 0 aliphatic carbocycles. The number of ether oxygens (including phenoxy) is 1. The Bertz CT molecular complexity index is 354. The van der Waals surface area contributed by atoms with Crippen LogP contribution in [0.3, 0.4) is 0 Å². The summed E-state index contributed by atoms with van der Waals surface area (Å²) in [5.41, 5.74) is 0. The molecule has 0 bridgehead atoms. The molecule has 0 amide bonds. The van der Waals surface area contributed by atoms with Crippen LogP contribution in [-0.4, -0.2) is 12.8 Å². The molecule has 1 aromatic rings. The minimum atomic E-state index is -4.13. The van der Waals surface area contributed by atoms with Gasteiger partial charge in [0.15, 0.2) is 0 Å². The Labute approximate surface area is 105 Å². The van der Waals surface area contributed by atoms with Crippen molar-refractivity contribution < 1.29 is 17.9 Å². The molecule has 16 heavy (non-hydrogen) atoms. The second kappa shape index (κ2) is 5.77. The van der Waals surface area contributed by atoms with E-state index in [0.29, 0.717) is 15.2 Å². The predicted octanol–water partition coefficient (Wildman–Crippen LogP) is 4.82. The zero-order chi connectivity index (χ0) is 12.2. The lowest BCUT2D eigenvalue weighted by molar-refractivity contribution is -0.136. The maximum absolute atomic E-state index is 11.8. The Hall–Kier alpha value is -0.420. The van der Waals surface area contributed by atoms with E-state index in [1.54, 1.807) is 18.2 Å². The maximum Gasteiger partial charge on any atom is 0.389 e. The lowest BCUT2D eigenvalue weighted by Crippen LogP contribution is -2.09. The van der Waals surface area contributed by atoms with Crippen LogP contribution in [0, 0.1) is 0 Å². The van der Waals surface area contributed by atoms with Gasteiger partial charge in [-0.2, -0.15) is 13.2 Å². The summed E-state index contributed by atoms with van der Waals surface area (Å²) >= 11 is 8.94. The number of alkyl halides is 3. The van der Waals surface area contributed by atoms with Gasteiger partial charge in [0, 0.05) is 11.4 Å². The molecule has 0 unspecified atom stereocenters. The summed E-state index contributed by atoms with van der Waals surface area (Å²) in [5.74, 6) is 0.453. The molecule has 0 aliphatic heterocycles. The Morgan fingerprint density at radius 1 is 1.31 bits per heavy atom. The lowest BCUT2D eigenvalue weighted by atomic mass is 10.3. The van der Waals surface area contributed by atoms with E-state index < -0.39 is 12.6 Å². The molecule has 0 spiro atoms. The van der Waals surface area contributed by atoms with Crippen molar-refractivity contribution in [1.82, 2.24) is 0 Å². The molecule has 6 heteroatoms. The molecular formula is C10H9BrClF3O. The average Bonchev–Trinajstić information content (AvgIpc) is 2.16. The van der Waals surface area contributed by atoms with Gasteiger partial charge in [0.2, 0.25) is 0 Å². The Balaban J connectivity index is 2.40. The smallest absolute Gasteiger partial charge is 0.389 e. The molecular weight excluding hydrogens is 308 g/mol. The van der Waals surface area contributed by atoms with Crippen LogP contribution in [-0.2, 0) is 0 Å². The van der Waals surface area contributed by atoms with E-state index >= 15 is 0 Å². The third kappa shape index (κ3) is 5.07. The topological polar surface area (TPSA) is 9.23 Å². The number of rotatable bonds is 4. The SMILES string of the molecule is FC(F)(F)CCCOc1cc(Cl)ccc1Br. The van der Waals surface area contributed by atoms with Crippen molar-refractivity contribution in [1.29, 1.82) is 0 Å². The standard InChI is InChI=1S/C10H9BrClF3O/c11-8-3-2-7(12)6-9(8)16-5-1-4-10(13,14)15/h2-3,6H,1,4-5H2. The molecule has 0 radical (unpaired) electrons. The van der Waals surface area contributed by atoms with E-state index in [-0.39, 0.29) is 13.0 Å². The average molecular weight is 318 g/mol. The molecule has 0 fully saturated rings. The summed E-state index contributed by atoms with van der Waals surface area (Å²) in [5, 5.41) is 0.481. The van der Waals surface area contributed by atoms with E-state index in [0.717, 1.165) is 0 Å². The Kier molecular flexibility index (Phi) is 4.92. The molecule has 0 N–H and O–H groups in total. The molecule has 1 aromatic carbocycles. The third-order valence-corrected chi connectivity index (χ3v) is 2.65. The fraction of sp³-hybridized carbons (Fsp3) is 0.400. The summed E-state index contributed by atoms with van der Waals surface area (Å²) in [4.78, 5) is 0. The van der Waals surface area contributed by atoms with Crippen molar-refractivity contribution in [3.63, 3.8) is 0 Å². The Morgan fingerprint density at radius 3 is 2.62 bits per heavy atom. The van der Waals surface area contributed by atoms with Gasteiger partial charge < -0.3 is 4.74 Å². The second-order valence-electron chi connectivity index (χ2n) is 3.14. The van der Waals surface area contributed by atoms with Gasteiger partial charge in [-0.15, -0.1) is 0 Å². The van der Waals surface area contributed by atoms with E-state index in [1.807, 2.05) is 0 Å². The van der Waals surface area contributed by atoms with Gasteiger partial charge in [-0.05, 0) is 40.5 Å². The van der Waals surface area contributed by atoms with E-state index in [4.69, 9.17) is 16.3 Å². The first-order chi connectivity index (χ1) is 7.38. The quantitative estimate of drug-likeness (QED) is 0.723. The highest BCUT2D eigenvalue weighted by molar-refractivity contribution is 9.10. The van der Waals surface area contributed by atoms with Crippen molar-refractivity contribution >= 4 is 27.5 Å². The van der Waals surface area contributed by atoms with Gasteiger partial charge in [-0.25, -0.2) is 0 Å². The summed E-state index contributed by atoms with van der Waals surface area (Å²) in [6.07, 6.45) is -5.04. The van der Waals surface area contributed by atoms with Gasteiger partial charge >= 0.3 is 6.18 Å². The van der Waals surface area contributed by atoms with Crippen LogP contribution in [0.1, 0.15) is 12.8 Å². The van der Waals surface area contributed by atoms with Gasteiger partial charge in [-0.3, -0.25) is 0 Å². The Morgan fingerprint density at radius 2 is 2.00 bits per heavy atom. The first-order valence-electron chi connectivity index (χ1n) is 4.53. The molecule has 0 saturated carbocycles. The van der Waals surface area contributed by atoms with Gasteiger partial charge in [0.05, 0.1) is 11.1 Å².